The summed E-state index contributed by atoms with van der Waals surface area (Å²) in [5, 5.41) is 0. The van der Waals surface area contributed by atoms with E-state index in [-0.39, 0.29) is 18.6 Å². The lowest BCUT2D eigenvalue weighted by Crippen LogP contribution is -2.26. The van der Waals surface area contributed by atoms with Crippen LogP contribution in [0.3, 0.4) is 0 Å². The van der Waals surface area contributed by atoms with Crippen LogP contribution in [0.2, 0.25) is 0 Å². The van der Waals surface area contributed by atoms with Gasteiger partial charge in [-0.2, -0.15) is 0 Å². The van der Waals surface area contributed by atoms with Gasteiger partial charge in [0.2, 0.25) is 0 Å². The van der Waals surface area contributed by atoms with Crippen LogP contribution in [0, 0.1) is 5.92 Å². The first-order chi connectivity index (χ1) is 8.43. The van der Waals surface area contributed by atoms with Gasteiger partial charge < -0.3 is 9.47 Å². The minimum Gasteiger partial charge on any atom is -0.466 e. The summed E-state index contributed by atoms with van der Waals surface area (Å²) in [5.41, 5.74) is 2.48. The molecular weight excluding hydrogens is 236 g/mol. The van der Waals surface area contributed by atoms with Gasteiger partial charge in [0.05, 0.1) is 7.11 Å². The van der Waals surface area contributed by atoms with Crippen molar-refractivity contribution in [1.82, 2.24) is 0 Å². The molecule has 0 aliphatic rings. The topological polar surface area (TPSA) is 69.7 Å². The van der Waals surface area contributed by atoms with Crippen LogP contribution in [0.5, 0.6) is 0 Å². The van der Waals surface area contributed by atoms with Crippen LogP contribution >= 0.6 is 0 Å². The van der Waals surface area contributed by atoms with Gasteiger partial charge in [-0.25, -0.2) is 4.79 Å². The summed E-state index contributed by atoms with van der Waals surface area (Å²) in [6.07, 6.45) is 1.29. The van der Waals surface area contributed by atoms with Gasteiger partial charge in [0.1, 0.15) is 18.3 Å². The number of hydrogen-bond donors (Lipinski definition) is 0. The Balaban J connectivity index is 4.61. The maximum atomic E-state index is 11.6. The molecule has 0 saturated carbocycles. The average molecular weight is 252 g/mol. The third-order valence-corrected chi connectivity index (χ3v) is 2.15. The van der Waals surface area contributed by atoms with Gasteiger partial charge in [-0.3, -0.25) is 9.59 Å². The Kier molecular flexibility index (Phi) is 7.08. The van der Waals surface area contributed by atoms with Crippen LogP contribution in [0.1, 0.15) is 13.3 Å². The van der Waals surface area contributed by atoms with E-state index in [9.17, 15) is 14.4 Å². The number of Topliss-reactive ketones (excluding diaryl/α,β-unsaturated/α-hetero) is 1. The summed E-state index contributed by atoms with van der Waals surface area (Å²) >= 11 is 0. The fourth-order valence-corrected chi connectivity index (χ4v) is 1.15. The zero-order valence-corrected chi connectivity index (χ0v) is 10.5. The Morgan fingerprint density at radius 1 is 1.39 bits per heavy atom. The van der Waals surface area contributed by atoms with E-state index in [1.807, 2.05) is 0 Å². The second-order valence-electron chi connectivity index (χ2n) is 3.50. The molecule has 0 aliphatic heterocycles. The third-order valence-electron chi connectivity index (χ3n) is 2.15. The van der Waals surface area contributed by atoms with E-state index >= 15 is 0 Å². The average Bonchev–Trinajstić information content (AvgIpc) is 2.34. The van der Waals surface area contributed by atoms with Crippen LogP contribution in [0.15, 0.2) is 30.5 Å². The van der Waals surface area contributed by atoms with Gasteiger partial charge in [-0.15, -0.1) is 5.73 Å². The molecule has 0 rings (SSSR count). The Morgan fingerprint density at radius 3 is 2.44 bits per heavy atom. The van der Waals surface area contributed by atoms with E-state index in [4.69, 9.17) is 4.74 Å². The summed E-state index contributed by atoms with van der Waals surface area (Å²) in [4.78, 5) is 34.1. The molecule has 1 unspecified atom stereocenters. The van der Waals surface area contributed by atoms with Crippen LogP contribution in [-0.4, -0.2) is 31.4 Å². The zero-order chi connectivity index (χ0) is 14.1. The minimum atomic E-state index is -1.05. The highest BCUT2D eigenvalue weighted by atomic mass is 16.5. The highest BCUT2D eigenvalue weighted by Crippen LogP contribution is 2.14. The van der Waals surface area contributed by atoms with Gasteiger partial charge in [-0.1, -0.05) is 13.2 Å². The molecule has 98 valence electrons. The molecule has 1 atom stereocenters. The number of esters is 2. The largest absolute Gasteiger partial charge is 0.466 e. The monoisotopic (exact) mass is 252 g/mol. The summed E-state index contributed by atoms with van der Waals surface area (Å²) < 4.78 is 9.25. The molecule has 0 bridgehead atoms. The molecule has 5 nitrogen and oxygen atoms in total. The van der Waals surface area contributed by atoms with Crippen LogP contribution < -0.4 is 0 Å². The molecule has 0 aromatic rings. The standard InChI is InChI=1S/C13H16O5/c1-5-6-7-18-13(16)11(10(3)14)8-9(2)12(15)17-4/h6,11H,1-2,7-8H2,3-4H3. The number of carbonyl (C=O) groups excluding carboxylic acids is 3. The van der Waals surface area contributed by atoms with E-state index in [0.29, 0.717) is 0 Å². The number of ketones is 1. The predicted octanol–water partition coefficient (Wildman–Crippen LogP) is 1.20. The van der Waals surface area contributed by atoms with Crippen molar-refractivity contribution in [3.63, 3.8) is 0 Å². The summed E-state index contributed by atoms with van der Waals surface area (Å²) in [7, 11) is 1.20. The quantitative estimate of drug-likeness (QED) is 0.294. The Hall–Kier alpha value is -2.13. The van der Waals surface area contributed by atoms with Crippen molar-refractivity contribution in [2.75, 3.05) is 13.7 Å². The molecule has 0 amide bonds. The molecule has 0 aromatic carbocycles. The van der Waals surface area contributed by atoms with Crippen molar-refractivity contribution in [3.05, 3.63) is 30.5 Å². The molecule has 0 aliphatic carbocycles. The summed E-state index contributed by atoms with van der Waals surface area (Å²) in [6.45, 7) is 8.00. The van der Waals surface area contributed by atoms with Crippen molar-refractivity contribution in [2.24, 2.45) is 5.92 Å². The van der Waals surface area contributed by atoms with E-state index < -0.39 is 23.6 Å². The molecule has 5 heteroatoms. The highest BCUT2D eigenvalue weighted by molar-refractivity contribution is 5.99. The van der Waals surface area contributed by atoms with Crippen molar-refractivity contribution < 1.29 is 23.9 Å². The van der Waals surface area contributed by atoms with Gasteiger partial charge in [0.25, 0.3) is 0 Å². The number of carbonyl (C=O) groups is 3. The first-order valence-electron chi connectivity index (χ1n) is 5.21. The number of methoxy groups -OCH3 is 1. The maximum absolute atomic E-state index is 11.6. The molecular formula is C13H16O5. The molecule has 18 heavy (non-hydrogen) atoms. The number of hydrogen-bond acceptors (Lipinski definition) is 5. The molecule has 0 saturated heterocycles. The van der Waals surface area contributed by atoms with E-state index in [1.54, 1.807) is 0 Å². The number of rotatable bonds is 7. The van der Waals surface area contributed by atoms with E-state index in [0.717, 1.165) is 0 Å². The van der Waals surface area contributed by atoms with Crippen LogP contribution in [0.4, 0.5) is 0 Å². The lowest BCUT2D eigenvalue weighted by Gasteiger charge is -2.12. The van der Waals surface area contributed by atoms with Gasteiger partial charge in [0.15, 0.2) is 0 Å². The second-order valence-corrected chi connectivity index (χ2v) is 3.50. The molecule has 0 N–H and O–H groups in total. The third kappa shape index (κ3) is 5.27. The normalized spacial score (nSPS) is 10.8. The van der Waals surface area contributed by atoms with Gasteiger partial charge in [0, 0.05) is 5.57 Å². The fraction of sp³-hybridized carbons (Fsp3) is 0.385. The summed E-state index contributed by atoms with van der Waals surface area (Å²) in [5.74, 6) is -2.80. The highest BCUT2D eigenvalue weighted by Gasteiger charge is 2.27. The van der Waals surface area contributed by atoms with Crippen molar-refractivity contribution in [1.29, 1.82) is 0 Å². The van der Waals surface area contributed by atoms with Gasteiger partial charge >= 0.3 is 11.9 Å². The lowest BCUT2D eigenvalue weighted by atomic mass is 9.97. The van der Waals surface area contributed by atoms with Crippen molar-refractivity contribution in [3.8, 4) is 0 Å². The predicted molar refractivity (Wildman–Crippen MR) is 64.6 cm³/mol. The Morgan fingerprint density at radius 2 is 2.00 bits per heavy atom. The first-order valence-corrected chi connectivity index (χ1v) is 5.21. The smallest absolute Gasteiger partial charge is 0.333 e. The molecule has 0 heterocycles. The molecule has 0 radical (unpaired) electrons. The molecule has 0 spiro atoms. The Bertz CT molecular complexity index is 402. The van der Waals surface area contributed by atoms with Crippen molar-refractivity contribution >= 4 is 17.7 Å². The first kappa shape index (κ1) is 15.9. The SMILES string of the molecule is C=C=CCOC(=O)C(CC(=C)C(=O)OC)C(C)=O. The second kappa shape index (κ2) is 8.03. The van der Waals surface area contributed by atoms with E-state index in [1.165, 1.54) is 20.1 Å². The number of ether oxygens (including phenoxy) is 2. The maximum Gasteiger partial charge on any atom is 0.333 e. The fourth-order valence-electron chi connectivity index (χ4n) is 1.15. The molecule has 0 fully saturated rings. The van der Waals surface area contributed by atoms with Crippen molar-refractivity contribution in [2.45, 2.75) is 13.3 Å². The van der Waals surface area contributed by atoms with Crippen LogP contribution in [-0.2, 0) is 23.9 Å². The van der Waals surface area contributed by atoms with Gasteiger partial charge in [-0.05, 0) is 19.4 Å². The summed E-state index contributed by atoms with van der Waals surface area (Å²) in [6, 6.07) is 0. The Labute approximate surface area is 106 Å². The zero-order valence-electron chi connectivity index (χ0n) is 10.5. The van der Waals surface area contributed by atoms with E-state index in [2.05, 4.69) is 23.6 Å². The lowest BCUT2D eigenvalue weighted by molar-refractivity contribution is -0.150. The van der Waals surface area contributed by atoms with Crippen LogP contribution in [0.25, 0.3) is 0 Å². The molecule has 0 aromatic heterocycles. The minimum absolute atomic E-state index is 0.0170.